The van der Waals surface area contributed by atoms with E-state index in [0.717, 1.165) is 11.1 Å². The van der Waals surface area contributed by atoms with Gasteiger partial charge in [0.15, 0.2) is 5.56 Å². The standard InChI is InChI=1S/C11H9ClO2/c12-11(14-7-13)10-6-5-8-3-1-2-4-9(8)10/h1-7,10-11H. The third-order valence-corrected chi connectivity index (χ3v) is 2.68. The summed E-state index contributed by atoms with van der Waals surface area (Å²) >= 11 is 5.91. The maximum Gasteiger partial charge on any atom is 0.294 e. The Hall–Kier alpha value is -1.28. The Balaban J connectivity index is 2.25. The molecule has 0 N–H and O–H groups in total. The van der Waals surface area contributed by atoms with E-state index in [1.54, 1.807) is 0 Å². The van der Waals surface area contributed by atoms with Crippen LogP contribution in [0.25, 0.3) is 6.08 Å². The van der Waals surface area contributed by atoms with E-state index in [1.807, 2.05) is 36.4 Å². The van der Waals surface area contributed by atoms with Gasteiger partial charge in [0.25, 0.3) is 6.47 Å². The lowest BCUT2D eigenvalue weighted by Crippen LogP contribution is -2.12. The van der Waals surface area contributed by atoms with Crippen LogP contribution in [0.1, 0.15) is 17.0 Å². The lowest BCUT2D eigenvalue weighted by atomic mass is 10.0. The highest BCUT2D eigenvalue weighted by molar-refractivity contribution is 6.20. The van der Waals surface area contributed by atoms with Gasteiger partial charge in [0.1, 0.15) is 0 Å². The molecule has 1 aromatic carbocycles. The van der Waals surface area contributed by atoms with Gasteiger partial charge in [-0.1, -0.05) is 48.0 Å². The first kappa shape index (κ1) is 9.28. The molecule has 0 spiro atoms. The number of benzene rings is 1. The molecule has 0 saturated heterocycles. The second-order valence-electron chi connectivity index (χ2n) is 3.10. The minimum atomic E-state index is -0.618. The van der Waals surface area contributed by atoms with Gasteiger partial charge in [-0.15, -0.1) is 0 Å². The van der Waals surface area contributed by atoms with E-state index in [-0.39, 0.29) is 5.92 Å². The van der Waals surface area contributed by atoms with Crippen molar-refractivity contribution in [2.45, 2.75) is 11.5 Å². The van der Waals surface area contributed by atoms with E-state index in [9.17, 15) is 4.79 Å². The van der Waals surface area contributed by atoms with Crippen molar-refractivity contribution in [2.24, 2.45) is 0 Å². The normalized spacial score (nSPS) is 20.2. The maximum atomic E-state index is 10.2. The Morgan fingerprint density at radius 2 is 2.21 bits per heavy atom. The average Bonchev–Trinajstić information content (AvgIpc) is 2.61. The van der Waals surface area contributed by atoms with Crippen LogP contribution in [-0.2, 0) is 9.53 Å². The van der Waals surface area contributed by atoms with Gasteiger partial charge in [0, 0.05) is 0 Å². The molecule has 2 rings (SSSR count). The van der Waals surface area contributed by atoms with Crippen LogP contribution in [0.4, 0.5) is 0 Å². The number of hydrogen-bond donors (Lipinski definition) is 0. The summed E-state index contributed by atoms with van der Waals surface area (Å²) in [6.07, 6.45) is 3.94. The number of alkyl halides is 1. The number of halogens is 1. The molecule has 1 aromatic rings. The van der Waals surface area contributed by atoms with E-state index in [0.29, 0.717) is 6.47 Å². The molecule has 3 heteroatoms. The molecule has 0 radical (unpaired) electrons. The molecular weight excluding hydrogens is 200 g/mol. The fourth-order valence-corrected chi connectivity index (χ4v) is 1.91. The topological polar surface area (TPSA) is 26.3 Å². The summed E-state index contributed by atoms with van der Waals surface area (Å²) in [6, 6.07) is 7.92. The number of ether oxygens (including phenoxy) is 1. The third-order valence-electron chi connectivity index (χ3n) is 2.31. The Morgan fingerprint density at radius 3 is 3.00 bits per heavy atom. The van der Waals surface area contributed by atoms with Crippen LogP contribution in [0.3, 0.4) is 0 Å². The summed E-state index contributed by atoms with van der Waals surface area (Å²) in [5.74, 6) is -0.0296. The van der Waals surface area contributed by atoms with Crippen molar-refractivity contribution in [3.8, 4) is 0 Å². The first-order valence-electron chi connectivity index (χ1n) is 4.33. The SMILES string of the molecule is O=COC(Cl)C1C=Cc2ccccc21. The van der Waals surface area contributed by atoms with Gasteiger partial charge >= 0.3 is 0 Å². The van der Waals surface area contributed by atoms with E-state index < -0.39 is 5.56 Å². The molecule has 1 aliphatic rings. The molecular formula is C11H9ClO2. The molecule has 2 atom stereocenters. The second kappa shape index (κ2) is 3.84. The monoisotopic (exact) mass is 208 g/mol. The molecule has 72 valence electrons. The second-order valence-corrected chi connectivity index (χ2v) is 3.53. The van der Waals surface area contributed by atoms with Crippen LogP contribution < -0.4 is 0 Å². The Labute approximate surface area is 87.1 Å². The van der Waals surface area contributed by atoms with E-state index in [1.165, 1.54) is 0 Å². The highest BCUT2D eigenvalue weighted by atomic mass is 35.5. The molecule has 14 heavy (non-hydrogen) atoms. The van der Waals surface area contributed by atoms with Crippen molar-refractivity contribution >= 4 is 24.1 Å². The summed E-state index contributed by atoms with van der Waals surface area (Å²) in [5.41, 5.74) is 1.62. The zero-order valence-corrected chi connectivity index (χ0v) is 8.15. The average molecular weight is 209 g/mol. The van der Waals surface area contributed by atoms with Gasteiger partial charge in [-0.25, -0.2) is 0 Å². The van der Waals surface area contributed by atoms with Crippen LogP contribution >= 0.6 is 11.6 Å². The molecule has 2 nitrogen and oxygen atoms in total. The predicted octanol–water partition coefficient (Wildman–Crippen LogP) is 2.53. The Kier molecular flexibility index (Phi) is 2.55. The van der Waals surface area contributed by atoms with E-state index >= 15 is 0 Å². The summed E-state index contributed by atoms with van der Waals surface area (Å²) in [4.78, 5) is 10.2. The zero-order chi connectivity index (χ0) is 9.97. The third kappa shape index (κ3) is 1.53. The van der Waals surface area contributed by atoms with Crippen molar-refractivity contribution in [1.29, 1.82) is 0 Å². The molecule has 0 fully saturated rings. The van der Waals surface area contributed by atoms with Gasteiger partial charge in [-0.2, -0.15) is 0 Å². The quantitative estimate of drug-likeness (QED) is 0.564. The number of rotatable bonds is 3. The van der Waals surface area contributed by atoms with Gasteiger partial charge in [0.05, 0.1) is 5.92 Å². The smallest absolute Gasteiger partial charge is 0.294 e. The van der Waals surface area contributed by atoms with Crippen molar-refractivity contribution in [3.63, 3.8) is 0 Å². The van der Waals surface area contributed by atoms with Gasteiger partial charge < -0.3 is 4.74 Å². The minimum Gasteiger partial charge on any atom is -0.447 e. The molecule has 2 unspecified atom stereocenters. The van der Waals surface area contributed by atoms with Gasteiger partial charge in [-0.3, -0.25) is 4.79 Å². The van der Waals surface area contributed by atoms with Crippen molar-refractivity contribution in [3.05, 3.63) is 41.5 Å². The van der Waals surface area contributed by atoms with Gasteiger partial charge in [0.2, 0.25) is 0 Å². The summed E-state index contributed by atoms with van der Waals surface area (Å²) in [6.45, 7) is 0.381. The van der Waals surface area contributed by atoms with Crippen molar-refractivity contribution in [1.82, 2.24) is 0 Å². The number of fused-ring (bicyclic) bond motifs is 1. The number of hydrogen-bond acceptors (Lipinski definition) is 2. The Bertz CT molecular complexity index is 373. The lowest BCUT2D eigenvalue weighted by molar-refractivity contribution is -0.130. The zero-order valence-electron chi connectivity index (χ0n) is 7.39. The largest absolute Gasteiger partial charge is 0.447 e. The van der Waals surface area contributed by atoms with Crippen LogP contribution in [0.15, 0.2) is 30.3 Å². The molecule has 0 aliphatic heterocycles. The van der Waals surface area contributed by atoms with E-state index in [2.05, 4.69) is 0 Å². The maximum absolute atomic E-state index is 10.2. The first-order valence-corrected chi connectivity index (χ1v) is 4.77. The molecule has 0 heterocycles. The first-order chi connectivity index (χ1) is 6.83. The van der Waals surface area contributed by atoms with Crippen molar-refractivity contribution in [2.75, 3.05) is 0 Å². The molecule has 0 amide bonds. The van der Waals surface area contributed by atoms with Crippen LogP contribution in [0, 0.1) is 0 Å². The Morgan fingerprint density at radius 1 is 1.43 bits per heavy atom. The van der Waals surface area contributed by atoms with Crippen LogP contribution in [0.2, 0.25) is 0 Å². The minimum absolute atomic E-state index is 0.0296. The number of carbonyl (C=O) groups excluding carboxylic acids is 1. The predicted molar refractivity (Wildman–Crippen MR) is 55.0 cm³/mol. The van der Waals surface area contributed by atoms with E-state index in [4.69, 9.17) is 16.3 Å². The summed E-state index contributed by atoms with van der Waals surface area (Å²) in [5, 5.41) is 0. The molecule has 0 aromatic heterocycles. The fourth-order valence-electron chi connectivity index (χ4n) is 1.64. The summed E-state index contributed by atoms with van der Waals surface area (Å²) in [7, 11) is 0. The van der Waals surface area contributed by atoms with Crippen molar-refractivity contribution < 1.29 is 9.53 Å². The molecule has 1 aliphatic carbocycles. The molecule has 0 saturated carbocycles. The number of carbonyl (C=O) groups is 1. The highest BCUT2D eigenvalue weighted by Crippen LogP contribution is 2.34. The highest BCUT2D eigenvalue weighted by Gasteiger charge is 2.24. The molecule has 0 bridgehead atoms. The van der Waals surface area contributed by atoms with Gasteiger partial charge in [-0.05, 0) is 11.1 Å². The van der Waals surface area contributed by atoms with Crippen LogP contribution in [0.5, 0.6) is 0 Å². The lowest BCUT2D eigenvalue weighted by Gasteiger charge is -2.15. The van der Waals surface area contributed by atoms with Crippen LogP contribution in [-0.4, -0.2) is 12.0 Å². The summed E-state index contributed by atoms with van der Waals surface area (Å²) < 4.78 is 4.72. The fraction of sp³-hybridized carbons (Fsp3) is 0.182.